The molecule has 144 valence electrons. The van der Waals surface area contributed by atoms with Crippen molar-refractivity contribution >= 4 is 10.9 Å². The minimum Gasteiger partial charge on any atom is -0.360 e. The van der Waals surface area contributed by atoms with Gasteiger partial charge in [-0.1, -0.05) is 23.4 Å². The molecule has 0 saturated heterocycles. The van der Waals surface area contributed by atoms with Gasteiger partial charge in [-0.15, -0.1) is 0 Å². The molecule has 3 aromatic heterocycles. The summed E-state index contributed by atoms with van der Waals surface area (Å²) in [6, 6.07) is 7.71. The van der Waals surface area contributed by atoms with E-state index in [1.807, 2.05) is 24.3 Å². The number of alkyl halides is 3. The van der Waals surface area contributed by atoms with Gasteiger partial charge in [-0.3, -0.25) is 4.68 Å². The topological polar surface area (TPSA) is 72.5 Å². The number of aromatic nitrogens is 5. The summed E-state index contributed by atoms with van der Waals surface area (Å²) >= 11 is 0. The standard InChI is InChI=1S/C19H16F3N5O/c20-19(21,22)17-12-6-2-4-8-15(12)27(25-17)10-16-24-18(26-28-16)13-9-23-14-7-3-1-5-11(13)14/h1,3,5,7,9,23H,2,4,6,8,10H2. The Balaban J connectivity index is 1.49. The molecule has 9 heteroatoms. The average Bonchev–Trinajstić information content (AvgIpc) is 3.38. The molecule has 4 aromatic rings. The molecule has 1 aliphatic carbocycles. The van der Waals surface area contributed by atoms with Gasteiger partial charge in [0.05, 0.1) is 0 Å². The van der Waals surface area contributed by atoms with Crippen molar-refractivity contribution in [2.24, 2.45) is 0 Å². The largest absolute Gasteiger partial charge is 0.435 e. The average molecular weight is 387 g/mol. The Kier molecular flexibility index (Phi) is 3.78. The van der Waals surface area contributed by atoms with Gasteiger partial charge < -0.3 is 9.51 Å². The SMILES string of the molecule is FC(F)(F)c1nn(Cc2nc(-c3c[nH]c4ccccc34)no2)c2c1CCCC2. The van der Waals surface area contributed by atoms with Crippen molar-refractivity contribution in [2.45, 2.75) is 38.4 Å². The Morgan fingerprint density at radius 2 is 1.96 bits per heavy atom. The van der Waals surface area contributed by atoms with E-state index in [0.717, 1.165) is 29.3 Å². The summed E-state index contributed by atoms with van der Waals surface area (Å²) in [7, 11) is 0. The van der Waals surface area contributed by atoms with E-state index in [2.05, 4.69) is 20.2 Å². The Bertz CT molecular complexity index is 1150. The summed E-state index contributed by atoms with van der Waals surface area (Å²) in [6.45, 7) is 0.0216. The van der Waals surface area contributed by atoms with Gasteiger partial charge in [0.25, 0.3) is 0 Å². The molecule has 3 heterocycles. The van der Waals surface area contributed by atoms with Crippen molar-refractivity contribution in [2.75, 3.05) is 0 Å². The summed E-state index contributed by atoms with van der Waals surface area (Å²) in [4.78, 5) is 7.52. The smallest absolute Gasteiger partial charge is 0.360 e. The van der Waals surface area contributed by atoms with Crippen LogP contribution in [-0.4, -0.2) is 24.9 Å². The minimum absolute atomic E-state index is 0.0216. The second-order valence-corrected chi connectivity index (χ2v) is 6.90. The van der Waals surface area contributed by atoms with E-state index in [1.54, 1.807) is 6.20 Å². The number of nitrogens with zero attached hydrogens (tertiary/aromatic N) is 4. The van der Waals surface area contributed by atoms with Crippen LogP contribution in [0.3, 0.4) is 0 Å². The number of fused-ring (bicyclic) bond motifs is 2. The lowest BCUT2D eigenvalue weighted by atomic mass is 9.95. The maximum Gasteiger partial charge on any atom is 0.435 e. The van der Waals surface area contributed by atoms with Gasteiger partial charge in [0.15, 0.2) is 5.69 Å². The van der Waals surface area contributed by atoms with Crippen molar-refractivity contribution in [3.8, 4) is 11.4 Å². The van der Waals surface area contributed by atoms with Crippen LogP contribution in [0.5, 0.6) is 0 Å². The Hall–Kier alpha value is -3.10. The van der Waals surface area contributed by atoms with Crippen molar-refractivity contribution in [1.29, 1.82) is 0 Å². The number of hydrogen-bond acceptors (Lipinski definition) is 4. The van der Waals surface area contributed by atoms with Crippen LogP contribution >= 0.6 is 0 Å². The molecule has 0 saturated carbocycles. The third-order valence-electron chi connectivity index (χ3n) is 5.11. The van der Waals surface area contributed by atoms with Crippen LogP contribution in [0.15, 0.2) is 35.0 Å². The van der Waals surface area contributed by atoms with Crippen LogP contribution in [-0.2, 0) is 25.6 Å². The van der Waals surface area contributed by atoms with E-state index >= 15 is 0 Å². The zero-order valence-corrected chi connectivity index (χ0v) is 14.8. The highest BCUT2D eigenvalue weighted by Crippen LogP contribution is 2.36. The predicted octanol–water partition coefficient (Wildman–Crippen LogP) is 4.36. The molecular weight excluding hydrogens is 371 g/mol. The molecule has 0 aliphatic heterocycles. The summed E-state index contributed by atoms with van der Waals surface area (Å²) in [5.74, 6) is 0.620. The Morgan fingerprint density at radius 3 is 2.82 bits per heavy atom. The summed E-state index contributed by atoms with van der Waals surface area (Å²) in [5, 5.41) is 8.79. The number of benzene rings is 1. The molecule has 0 radical (unpaired) electrons. The quantitative estimate of drug-likeness (QED) is 0.567. The first-order valence-corrected chi connectivity index (χ1v) is 9.05. The molecule has 0 unspecified atom stereocenters. The van der Waals surface area contributed by atoms with Crippen LogP contribution in [0.4, 0.5) is 13.2 Å². The number of para-hydroxylation sites is 1. The van der Waals surface area contributed by atoms with Crippen molar-refractivity contribution in [3.63, 3.8) is 0 Å². The van der Waals surface area contributed by atoms with Gasteiger partial charge in [0, 0.05) is 33.9 Å². The maximum atomic E-state index is 13.3. The normalized spacial score (nSPS) is 14.5. The fourth-order valence-corrected chi connectivity index (χ4v) is 3.84. The second-order valence-electron chi connectivity index (χ2n) is 6.90. The van der Waals surface area contributed by atoms with E-state index in [1.165, 1.54) is 4.68 Å². The lowest BCUT2D eigenvalue weighted by Gasteiger charge is -2.14. The molecule has 1 N–H and O–H groups in total. The zero-order chi connectivity index (χ0) is 19.3. The third-order valence-corrected chi connectivity index (χ3v) is 5.11. The number of nitrogens with one attached hydrogen (secondary N) is 1. The molecule has 1 aliphatic rings. The summed E-state index contributed by atoms with van der Waals surface area (Å²) in [5.41, 5.74) is 1.85. The van der Waals surface area contributed by atoms with Crippen molar-refractivity contribution < 1.29 is 17.7 Å². The van der Waals surface area contributed by atoms with E-state index in [-0.39, 0.29) is 12.4 Å². The zero-order valence-electron chi connectivity index (χ0n) is 14.8. The van der Waals surface area contributed by atoms with Crippen molar-refractivity contribution in [3.05, 3.63) is 53.3 Å². The Morgan fingerprint density at radius 1 is 1.14 bits per heavy atom. The maximum absolute atomic E-state index is 13.3. The molecule has 28 heavy (non-hydrogen) atoms. The molecule has 5 rings (SSSR count). The lowest BCUT2D eigenvalue weighted by molar-refractivity contribution is -0.142. The van der Waals surface area contributed by atoms with Crippen LogP contribution < -0.4 is 0 Å². The highest BCUT2D eigenvalue weighted by molar-refractivity contribution is 5.93. The number of aromatic amines is 1. The molecule has 0 amide bonds. The highest BCUT2D eigenvalue weighted by atomic mass is 19.4. The van der Waals surface area contributed by atoms with Gasteiger partial charge in [-0.2, -0.15) is 23.3 Å². The van der Waals surface area contributed by atoms with Gasteiger partial charge in [0.2, 0.25) is 11.7 Å². The summed E-state index contributed by atoms with van der Waals surface area (Å²) in [6.07, 6.45) is -0.114. The van der Waals surface area contributed by atoms with E-state index in [9.17, 15) is 13.2 Å². The van der Waals surface area contributed by atoms with Crippen molar-refractivity contribution in [1.82, 2.24) is 24.9 Å². The fraction of sp³-hybridized carbons (Fsp3) is 0.316. The van der Waals surface area contributed by atoms with Gasteiger partial charge in [-0.25, -0.2) is 0 Å². The molecule has 1 aromatic carbocycles. The number of rotatable bonds is 3. The van der Waals surface area contributed by atoms with Crippen LogP contribution in [0, 0.1) is 0 Å². The van der Waals surface area contributed by atoms with Crippen LogP contribution in [0.2, 0.25) is 0 Å². The van der Waals surface area contributed by atoms with Gasteiger partial charge in [0.1, 0.15) is 6.54 Å². The number of H-pyrrole nitrogens is 1. The predicted molar refractivity (Wildman–Crippen MR) is 94.6 cm³/mol. The van der Waals surface area contributed by atoms with Crippen LogP contribution in [0.25, 0.3) is 22.3 Å². The molecule has 0 atom stereocenters. The first-order valence-electron chi connectivity index (χ1n) is 9.05. The Labute approximate surface area is 157 Å². The first kappa shape index (κ1) is 17.0. The van der Waals surface area contributed by atoms with Gasteiger partial charge >= 0.3 is 6.18 Å². The van der Waals surface area contributed by atoms with Gasteiger partial charge in [-0.05, 0) is 31.7 Å². The van der Waals surface area contributed by atoms with E-state index in [0.29, 0.717) is 29.9 Å². The fourth-order valence-electron chi connectivity index (χ4n) is 3.84. The molecule has 0 fully saturated rings. The van der Waals surface area contributed by atoms with Crippen LogP contribution in [0.1, 0.15) is 35.7 Å². The third kappa shape index (κ3) is 2.78. The lowest BCUT2D eigenvalue weighted by Crippen LogP contribution is -2.11. The molecule has 6 nitrogen and oxygen atoms in total. The molecule has 0 spiro atoms. The highest BCUT2D eigenvalue weighted by Gasteiger charge is 2.39. The molecular formula is C19H16F3N5O. The molecule has 0 bridgehead atoms. The number of hydrogen-bond donors (Lipinski definition) is 1. The minimum atomic E-state index is -4.46. The summed E-state index contributed by atoms with van der Waals surface area (Å²) < 4.78 is 46.7. The number of halogens is 3. The van der Waals surface area contributed by atoms with E-state index in [4.69, 9.17) is 4.52 Å². The monoisotopic (exact) mass is 387 g/mol. The van der Waals surface area contributed by atoms with E-state index < -0.39 is 11.9 Å². The first-order chi connectivity index (χ1) is 13.5. The second kappa shape index (κ2) is 6.22.